The summed E-state index contributed by atoms with van der Waals surface area (Å²) in [6.07, 6.45) is 3.68. The van der Waals surface area contributed by atoms with Crippen LogP contribution in [0.5, 0.6) is 5.75 Å². The molecule has 0 spiro atoms. The van der Waals surface area contributed by atoms with Gasteiger partial charge in [-0.1, -0.05) is 24.3 Å². The van der Waals surface area contributed by atoms with Crippen molar-refractivity contribution in [1.82, 2.24) is 15.1 Å². The molecular weight excluding hydrogens is 262 g/mol. The lowest BCUT2D eigenvalue weighted by Crippen LogP contribution is -2.35. The molecule has 4 nitrogen and oxygen atoms in total. The van der Waals surface area contributed by atoms with Crippen molar-refractivity contribution in [2.75, 3.05) is 0 Å². The van der Waals surface area contributed by atoms with Gasteiger partial charge in [0.25, 0.3) is 0 Å². The van der Waals surface area contributed by atoms with Crippen LogP contribution in [-0.4, -0.2) is 15.3 Å². The van der Waals surface area contributed by atoms with E-state index in [0.717, 1.165) is 18.8 Å². The minimum atomic E-state index is 0.126. The van der Waals surface area contributed by atoms with Gasteiger partial charge in [-0.25, -0.2) is 0 Å². The molecule has 2 rings (SSSR count). The van der Waals surface area contributed by atoms with Gasteiger partial charge in [-0.3, -0.25) is 4.68 Å². The molecule has 0 unspecified atom stereocenters. The molecule has 0 saturated heterocycles. The summed E-state index contributed by atoms with van der Waals surface area (Å²) in [4.78, 5) is 0. The molecule has 0 aliphatic carbocycles. The molecule has 1 N–H and O–H groups in total. The van der Waals surface area contributed by atoms with Crippen LogP contribution in [0.1, 0.15) is 38.8 Å². The Morgan fingerprint density at radius 1 is 1.24 bits per heavy atom. The third-order valence-electron chi connectivity index (χ3n) is 3.15. The normalized spacial score (nSPS) is 11.6. The third kappa shape index (κ3) is 5.23. The fourth-order valence-corrected chi connectivity index (χ4v) is 1.96. The Kier molecular flexibility index (Phi) is 5.02. The van der Waals surface area contributed by atoms with Crippen LogP contribution in [-0.2, 0) is 19.7 Å². The molecule has 0 aliphatic heterocycles. The van der Waals surface area contributed by atoms with Crippen LogP contribution >= 0.6 is 0 Å². The number of benzene rings is 1. The van der Waals surface area contributed by atoms with E-state index in [9.17, 15) is 0 Å². The Morgan fingerprint density at radius 2 is 2.00 bits per heavy atom. The molecule has 0 saturated carbocycles. The molecule has 0 bridgehead atoms. The molecule has 2 aromatic rings. The van der Waals surface area contributed by atoms with Crippen molar-refractivity contribution in [3.8, 4) is 5.75 Å². The van der Waals surface area contributed by atoms with Crippen LogP contribution in [0.15, 0.2) is 36.7 Å². The van der Waals surface area contributed by atoms with Crippen LogP contribution in [0.4, 0.5) is 0 Å². The Hall–Kier alpha value is -1.81. The zero-order chi connectivity index (χ0) is 15.3. The van der Waals surface area contributed by atoms with Crippen LogP contribution in [0.2, 0.25) is 0 Å². The largest absolute Gasteiger partial charge is 0.486 e. The van der Waals surface area contributed by atoms with E-state index in [0.29, 0.717) is 6.61 Å². The van der Waals surface area contributed by atoms with E-state index in [2.05, 4.69) is 62.4 Å². The molecule has 114 valence electrons. The van der Waals surface area contributed by atoms with E-state index >= 15 is 0 Å². The Bertz CT molecular complexity index is 569. The number of ether oxygens (including phenoxy) is 1. The highest BCUT2D eigenvalue weighted by Gasteiger charge is 2.08. The van der Waals surface area contributed by atoms with Crippen molar-refractivity contribution < 1.29 is 4.74 Å². The van der Waals surface area contributed by atoms with E-state index in [1.165, 1.54) is 11.1 Å². The lowest BCUT2D eigenvalue weighted by Gasteiger charge is -2.20. The number of aryl methyl sites for hydroxylation is 1. The van der Waals surface area contributed by atoms with Crippen LogP contribution in [0.3, 0.4) is 0 Å². The van der Waals surface area contributed by atoms with E-state index < -0.39 is 0 Å². The first-order valence-corrected chi connectivity index (χ1v) is 7.44. The summed E-state index contributed by atoms with van der Waals surface area (Å²) in [7, 11) is 0. The average Bonchev–Trinajstić information content (AvgIpc) is 2.91. The Balaban J connectivity index is 1.91. The summed E-state index contributed by atoms with van der Waals surface area (Å²) in [5.74, 6) is 0.815. The number of aromatic nitrogens is 2. The first-order valence-electron chi connectivity index (χ1n) is 7.44. The van der Waals surface area contributed by atoms with Gasteiger partial charge >= 0.3 is 0 Å². The Labute approximate surface area is 127 Å². The SMILES string of the molecule is CCn1cc(OCc2cccc(CNC(C)(C)C)c2)cn1. The number of nitrogens with one attached hydrogen (secondary N) is 1. The minimum Gasteiger partial charge on any atom is -0.486 e. The summed E-state index contributed by atoms with van der Waals surface area (Å²) < 4.78 is 7.63. The van der Waals surface area contributed by atoms with Crippen molar-refractivity contribution in [3.63, 3.8) is 0 Å². The summed E-state index contributed by atoms with van der Waals surface area (Å²) in [6.45, 7) is 10.9. The Morgan fingerprint density at radius 3 is 2.67 bits per heavy atom. The smallest absolute Gasteiger partial charge is 0.157 e. The van der Waals surface area contributed by atoms with Crippen molar-refractivity contribution >= 4 is 0 Å². The lowest BCUT2D eigenvalue weighted by molar-refractivity contribution is 0.305. The van der Waals surface area contributed by atoms with Crippen molar-refractivity contribution in [3.05, 3.63) is 47.8 Å². The minimum absolute atomic E-state index is 0.126. The summed E-state index contributed by atoms with van der Waals surface area (Å²) in [5, 5.41) is 7.70. The van der Waals surface area contributed by atoms with Gasteiger partial charge in [0.2, 0.25) is 0 Å². The average molecular weight is 287 g/mol. The van der Waals surface area contributed by atoms with Crippen molar-refractivity contribution in [2.24, 2.45) is 0 Å². The number of rotatable bonds is 6. The quantitative estimate of drug-likeness (QED) is 0.885. The number of hydrogen-bond donors (Lipinski definition) is 1. The molecule has 21 heavy (non-hydrogen) atoms. The second-order valence-electron chi connectivity index (χ2n) is 6.24. The maximum atomic E-state index is 5.77. The molecule has 0 radical (unpaired) electrons. The zero-order valence-electron chi connectivity index (χ0n) is 13.4. The second kappa shape index (κ2) is 6.76. The first kappa shape index (κ1) is 15.6. The fraction of sp³-hybridized carbons (Fsp3) is 0.471. The van der Waals surface area contributed by atoms with Gasteiger partial charge in [-0.15, -0.1) is 0 Å². The van der Waals surface area contributed by atoms with Gasteiger partial charge in [-0.2, -0.15) is 5.10 Å². The fourth-order valence-electron chi connectivity index (χ4n) is 1.96. The second-order valence-corrected chi connectivity index (χ2v) is 6.24. The van der Waals surface area contributed by atoms with Crippen molar-refractivity contribution in [2.45, 2.75) is 52.9 Å². The molecule has 1 heterocycles. The molecule has 0 amide bonds. The molecule has 0 aliphatic rings. The summed E-state index contributed by atoms with van der Waals surface area (Å²) >= 11 is 0. The van der Waals surface area contributed by atoms with Gasteiger partial charge < -0.3 is 10.1 Å². The summed E-state index contributed by atoms with van der Waals surface area (Å²) in [6, 6.07) is 8.49. The van der Waals surface area contributed by atoms with Crippen LogP contribution in [0.25, 0.3) is 0 Å². The standard InChI is InChI=1S/C17H25N3O/c1-5-20-12-16(11-19-20)21-13-15-8-6-7-14(9-15)10-18-17(2,3)4/h6-9,11-12,18H,5,10,13H2,1-4H3. The van der Waals surface area contributed by atoms with Gasteiger partial charge in [0.15, 0.2) is 5.75 Å². The predicted octanol–water partition coefficient (Wildman–Crippen LogP) is 3.37. The highest BCUT2D eigenvalue weighted by atomic mass is 16.5. The number of hydrogen-bond acceptors (Lipinski definition) is 3. The highest BCUT2D eigenvalue weighted by molar-refractivity contribution is 5.24. The molecule has 0 fully saturated rings. The van der Waals surface area contributed by atoms with Gasteiger partial charge in [0.1, 0.15) is 6.61 Å². The highest BCUT2D eigenvalue weighted by Crippen LogP contribution is 2.13. The van der Waals surface area contributed by atoms with E-state index in [-0.39, 0.29) is 5.54 Å². The number of nitrogens with zero attached hydrogens (tertiary/aromatic N) is 2. The van der Waals surface area contributed by atoms with Gasteiger partial charge in [-0.05, 0) is 38.8 Å². The zero-order valence-corrected chi connectivity index (χ0v) is 13.4. The topological polar surface area (TPSA) is 39.1 Å². The maximum Gasteiger partial charge on any atom is 0.157 e. The molecule has 4 heteroatoms. The monoisotopic (exact) mass is 287 g/mol. The molecular formula is C17H25N3O. The van der Waals surface area contributed by atoms with E-state index in [1.807, 2.05) is 10.9 Å². The predicted molar refractivity (Wildman–Crippen MR) is 85.3 cm³/mol. The van der Waals surface area contributed by atoms with Gasteiger partial charge in [0, 0.05) is 18.6 Å². The van der Waals surface area contributed by atoms with Gasteiger partial charge in [0.05, 0.1) is 12.4 Å². The summed E-state index contributed by atoms with van der Waals surface area (Å²) in [5.41, 5.74) is 2.57. The van der Waals surface area contributed by atoms with Crippen LogP contribution < -0.4 is 10.1 Å². The van der Waals surface area contributed by atoms with E-state index in [4.69, 9.17) is 4.74 Å². The van der Waals surface area contributed by atoms with E-state index in [1.54, 1.807) is 6.20 Å². The molecule has 0 atom stereocenters. The first-order chi connectivity index (χ1) is 9.96. The van der Waals surface area contributed by atoms with Crippen molar-refractivity contribution in [1.29, 1.82) is 0 Å². The van der Waals surface area contributed by atoms with Crippen LogP contribution in [0, 0.1) is 0 Å². The molecule has 1 aromatic carbocycles. The lowest BCUT2D eigenvalue weighted by atomic mass is 10.1. The molecule has 1 aromatic heterocycles. The third-order valence-corrected chi connectivity index (χ3v) is 3.15. The maximum absolute atomic E-state index is 5.77.